The second kappa shape index (κ2) is 6.10. The number of nitrogens with one attached hydrogen (secondary N) is 1. The van der Waals surface area contributed by atoms with Gasteiger partial charge in [0.1, 0.15) is 0 Å². The van der Waals surface area contributed by atoms with Crippen LogP contribution in [0.3, 0.4) is 0 Å². The van der Waals surface area contributed by atoms with Crippen molar-refractivity contribution in [3.8, 4) is 0 Å². The highest BCUT2D eigenvalue weighted by Gasteiger charge is 2.29. The molecule has 0 bridgehead atoms. The van der Waals surface area contributed by atoms with Gasteiger partial charge >= 0.3 is 0 Å². The highest BCUT2D eigenvalue weighted by atomic mass is 15.3. The van der Waals surface area contributed by atoms with E-state index in [0.29, 0.717) is 12.1 Å². The first-order valence-electron chi connectivity index (χ1n) is 7.60. The first-order chi connectivity index (χ1) is 10.2. The topological polar surface area (TPSA) is 31.4 Å². The first-order valence-corrected chi connectivity index (χ1v) is 7.60. The van der Waals surface area contributed by atoms with Gasteiger partial charge in [0.15, 0.2) is 0 Å². The van der Waals surface area contributed by atoms with Gasteiger partial charge in [-0.15, -0.1) is 0 Å². The fourth-order valence-corrected chi connectivity index (χ4v) is 3.27. The van der Waals surface area contributed by atoms with E-state index in [2.05, 4.69) is 65.5 Å². The first kappa shape index (κ1) is 14.4. The minimum Gasteiger partial charge on any atom is -0.312 e. The number of aromatic nitrogens is 1. The molecule has 0 radical (unpaired) electrons. The van der Waals surface area contributed by atoms with Crippen molar-refractivity contribution >= 4 is 10.9 Å². The molecule has 1 aromatic carbocycles. The van der Waals surface area contributed by atoms with E-state index in [4.69, 9.17) is 0 Å². The second-order valence-electron chi connectivity index (χ2n) is 6.03. The molecule has 0 saturated carbocycles. The average Bonchev–Trinajstić information content (AvgIpc) is 2.51. The minimum absolute atomic E-state index is 0.336. The Bertz CT molecular complexity index is 613. The maximum absolute atomic E-state index is 4.41. The monoisotopic (exact) mass is 284 g/mol. The molecule has 2 atom stereocenters. The third-order valence-corrected chi connectivity index (χ3v) is 4.58. The quantitative estimate of drug-likeness (QED) is 0.930. The highest BCUT2D eigenvalue weighted by molar-refractivity contribution is 5.79. The van der Waals surface area contributed by atoms with Crippen LogP contribution in [0.5, 0.6) is 0 Å². The van der Waals surface area contributed by atoms with Gasteiger partial charge in [-0.3, -0.25) is 9.88 Å². The molecule has 0 spiro atoms. The van der Waals surface area contributed by atoms with Crippen molar-refractivity contribution in [3.05, 3.63) is 42.1 Å². The van der Waals surface area contributed by atoms with Crippen molar-refractivity contribution in [2.45, 2.75) is 12.1 Å². The summed E-state index contributed by atoms with van der Waals surface area (Å²) in [5.74, 6) is 0. The van der Waals surface area contributed by atoms with Gasteiger partial charge in [-0.1, -0.05) is 12.1 Å². The lowest BCUT2D eigenvalue weighted by molar-refractivity contribution is 0.0897. The maximum atomic E-state index is 4.41. The van der Waals surface area contributed by atoms with E-state index in [9.17, 15) is 0 Å². The molecule has 1 fully saturated rings. The lowest BCUT2D eigenvalue weighted by Gasteiger charge is -2.42. The lowest BCUT2D eigenvalue weighted by Crippen LogP contribution is -2.54. The molecular formula is C17H24N4. The zero-order valence-corrected chi connectivity index (χ0v) is 13.1. The number of piperazine rings is 1. The van der Waals surface area contributed by atoms with Crippen LogP contribution >= 0.6 is 0 Å². The van der Waals surface area contributed by atoms with Gasteiger partial charge < -0.3 is 10.2 Å². The molecule has 21 heavy (non-hydrogen) atoms. The van der Waals surface area contributed by atoms with Crippen molar-refractivity contribution in [1.82, 2.24) is 20.1 Å². The van der Waals surface area contributed by atoms with Crippen molar-refractivity contribution < 1.29 is 0 Å². The van der Waals surface area contributed by atoms with Crippen molar-refractivity contribution in [3.63, 3.8) is 0 Å². The molecule has 0 amide bonds. The summed E-state index contributed by atoms with van der Waals surface area (Å²) in [6, 6.07) is 11.6. The Labute approximate surface area is 126 Å². The number of fused-ring (bicyclic) bond motifs is 1. The molecule has 4 nitrogen and oxygen atoms in total. The van der Waals surface area contributed by atoms with E-state index >= 15 is 0 Å². The van der Waals surface area contributed by atoms with Crippen LogP contribution in [0.2, 0.25) is 0 Å². The van der Waals surface area contributed by atoms with E-state index in [1.54, 1.807) is 0 Å². The third-order valence-electron chi connectivity index (χ3n) is 4.58. The molecule has 1 aliphatic heterocycles. The molecule has 2 unspecified atom stereocenters. The van der Waals surface area contributed by atoms with E-state index in [0.717, 1.165) is 25.2 Å². The molecule has 1 aromatic heterocycles. The average molecular weight is 284 g/mol. The minimum atomic E-state index is 0.336. The summed E-state index contributed by atoms with van der Waals surface area (Å²) >= 11 is 0. The molecule has 2 heterocycles. The summed E-state index contributed by atoms with van der Waals surface area (Å²) in [4.78, 5) is 9.29. The standard InChI is InChI=1S/C17H24N4/c1-18-17(16-12-20(2)9-10-21(16)3)14-6-7-15-13(11-14)5-4-8-19-15/h4-8,11,16-18H,9-10,12H2,1-3H3. The number of pyridine rings is 1. The maximum Gasteiger partial charge on any atom is 0.0702 e. The van der Waals surface area contributed by atoms with Crippen LogP contribution in [0.4, 0.5) is 0 Å². The van der Waals surface area contributed by atoms with E-state index in [1.165, 1.54) is 10.9 Å². The predicted molar refractivity (Wildman–Crippen MR) is 87.5 cm³/mol. The van der Waals surface area contributed by atoms with Gasteiger partial charge in [-0.25, -0.2) is 0 Å². The lowest BCUT2D eigenvalue weighted by atomic mass is 9.95. The van der Waals surface area contributed by atoms with E-state index < -0.39 is 0 Å². The normalized spacial score (nSPS) is 22.5. The third kappa shape index (κ3) is 2.93. The Morgan fingerprint density at radius 3 is 2.90 bits per heavy atom. The number of nitrogens with zero attached hydrogens (tertiary/aromatic N) is 3. The number of hydrogen-bond donors (Lipinski definition) is 1. The van der Waals surface area contributed by atoms with E-state index in [1.807, 2.05) is 12.3 Å². The van der Waals surface area contributed by atoms with Gasteiger partial charge in [-0.05, 0) is 44.9 Å². The molecule has 2 aromatic rings. The van der Waals surface area contributed by atoms with Gasteiger partial charge in [0, 0.05) is 43.3 Å². The van der Waals surface area contributed by atoms with Gasteiger partial charge in [-0.2, -0.15) is 0 Å². The van der Waals surface area contributed by atoms with Gasteiger partial charge in [0.05, 0.1) is 5.52 Å². The van der Waals surface area contributed by atoms with Crippen LogP contribution < -0.4 is 5.32 Å². The molecule has 1 aliphatic rings. The Morgan fingerprint density at radius 1 is 1.24 bits per heavy atom. The summed E-state index contributed by atoms with van der Waals surface area (Å²) < 4.78 is 0. The number of hydrogen-bond acceptors (Lipinski definition) is 4. The molecule has 0 aliphatic carbocycles. The van der Waals surface area contributed by atoms with Crippen molar-refractivity contribution in [2.24, 2.45) is 0 Å². The Hall–Kier alpha value is -1.49. The summed E-state index contributed by atoms with van der Waals surface area (Å²) in [6.07, 6.45) is 1.85. The van der Waals surface area contributed by atoms with Crippen molar-refractivity contribution in [1.29, 1.82) is 0 Å². The summed E-state index contributed by atoms with van der Waals surface area (Å²) in [6.45, 7) is 3.35. The van der Waals surface area contributed by atoms with E-state index in [-0.39, 0.29) is 0 Å². The van der Waals surface area contributed by atoms with Crippen LogP contribution in [-0.4, -0.2) is 61.6 Å². The Morgan fingerprint density at radius 2 is 2.10 bits per heavy atom. The van der Waals surface area contributed by atoms with Crippen LogP contribution in [-0.2, 0) is 0 Å². The highest BCUT2D eigenvalue weighted by Crippen LogP contribution is 2.25. The summed E-state index contributed by atoms with van der Waals surface area (Å²) in [7, 11) is 6.49. The van der Waals surface area contributed by atoms with Gasteiger partial charge in [0.25, 0.3) is 0 Å². The fraction of sp³-hybridized carbons (Fsp3) is 0.471. The molecule has 4 heteroatoms. The Balaban J connectivity index is 1.93. The number of likely N-dealkylation sites (N-methyl/N-ethyl adjacent to an activating group) is 3. The molecule has 112 valence electrons. The van der Waals surface area contributed by atoms with Crippen LogP contribution in [0.1, 0.15) is 11.6 Å². The Kier molecular flexibility index (Phi) is 4.19. The van der Waals surface area contributed by atoms with Crippen molar-refractivity contribution in [2.75, 3.05) is 40.8 Å². The number of benzene rings is 1. The summed E-state index contributed by atoms with van der Waals surface area (Å²) in [5.41, 5.74) is 2.40. The zero-order valence-electron chi connectivity index (χ0n) is 13.1. The SMILES string of the molecule is CNC(c1ccc2ncccc2c1)C1CN(C)CCN1C. The molecular weight excluding hydrogens is 260 g/mol. The van der Waals surface area contributed by atoms with Crippen LogP contribution in [0.15, 0.2) is 36.5 Å². The van der Waals surface area contributed by atoms with Gasteiger partial charge in [0.2, 0.25) is 0 Å². The smallest absolute Gasteiger partial charge is 0.0702 e. The summed E-state index contributed by atoms with van der Waals surface area (Å²) in [5, 5.41) is 4.73. The van der Waals surface area contributed by atoms with Crippen LogP contribution in [0, 0.1) is 0 Å². The fourth-order valence-electron chi connectivity index (χ4n) is 3.27. The zero-order chi connectivity index (χ0) is 14.8. The molecule has 3 rings (SSSR count). The second-order valence-corrected chi connectivity index (χ2v) is 6.03. The van der Waals surface area contributed by atoms with Crippen LogP contribution in [0.25, 0.3) is 10.9 Å². The predicted octanol–water partition coefficient (Wildman–Crippen LogP) is 1.74. The molecule has 1 saturated heterocycles. The largest absolute Gasteiger partial charge is 0.312 e. The number of rotatable bonds is 3. The molecule has 1 N–H and O–H groups in total.